The number of pyridine rings is 1. The first-order valence-electron chi connectivity index (χ1n) is 12.7. The molecule has 1 amide bonds. The van der Waals surface area contributed by atoms with Crippen molar-refractivity contribution in [2.75, 3.05) is 19.6 Å². The maximum Gasteiger partial charge on any atom is 0.276 e. The average Bonchev–Trinajstić information content (AvgIpc) is 3.22. The van der Waals surface area contributed by atoms with Gasteiger partial charge in [-0.15, -0.1) is 0 Å². The topological polar surface area (TPSA) is 71.6 Å². The van der Waals surface area contributed by atoms with Gasteiger partial charge < -0.3 is 14.6 Å². The van der Waals surface area contributed by atoms with Crippen molar-refractivity contribution in [3.8, 4) is 0 Å². The highest BCUT2D eigenvalue weighted by molar-refractivity contribution is 5.94. The molecule has 1 aliphatic rings. The quantitative estimate of drug-likeness (QED) is 0.441. The first-order chi connectivity index (χ1) is 17.1. The van der Waals surface area contributed by atoms with E-state index in [1.165, 1.54) is 25.7 Å². The van der Waals surface area contributed by atoms with E-state index in [1.54, 1.807) is 10.8 Å². The summed E-state index contributed by atoms with van der Waals surface area (Å²) in [5, 5.41) is 3.09. The minimum Gasteiger partial charge on any atom is -0.352 e. The minimum atomic E-state index is -0.0986. The average molecular weight is 472 g/mol. The molecule has 1 saturated heterocycles. The van der Waals surface area contributed by atoms with E-state index in [9.17, 15) is 9.59 Å². The second kappa shape index (κ2) is 10.4. The van der Waals surface area contributed by atoms with Crippen LogP contribution in [0.25, 0.3) is 16.7 Å². The van der Waals surface area contributed by atoms with E-state index in [-0.39, 0.29) is 11.5 Å². The number of carbonyl (C=O) groups excluding carboxylic acids is 1. The Labute approximate surface area is 205 Å². The van der Waals surface area contributed by atoms with E-state index in [0.717, 1.165) is 30.6 Å². The maximum atomic E-state index is 13.2. The van der Waals surface area contributed by atoms with E-state index in [2.05, 4.69) is 22.1 Å². The molecule has 35 heavy (non-hydrogen) atoms. The van der Waals surface area contributed by atoms with Gasteiger partial charge in [0.05, 0.1) is 12.1 Å². The lowest BCUT2D eigenvalue weighted by molar-refractivity contribution is 0.0948. The maximum absolute atomic E-state index is 13.2. The molecule has 5 rings (SSSR count). The van der Waals surface area contributed by atoms with Crippen molar-refractivity contribution in [3.63, 3.8) is 0 Å². The molecule has 0 spiro atoms. The van der Waals surface area contributed by atoms with Gasteiger partial charge in [-0.25, -0.2) is 4.98 Å². The van der Waals surface area contributed by atoms with Crippen LogP contribution in [0.3, 0.4) is 0 Å². The van der Waals surface area contributed by atoms with Crippen LogP contribution in [0.5, 0.6) is 0 Å². The van der Waals surface area contributed by atoms with Crippen LogP contribution in [0.1, 0.15) is 54.9 Å². The fourth-order valence-electron chi connectivity index (χ4n) is 5.14. The van der Waals surface area contributed by atoms with E-state index in [1.807, 2.05) is 59.1 Å². The van der Waals surface area contributed by atoms with E-state index in [4.69, 9.17) is 0 Å². The van der Waals surface area contributed by atoms with Gasteiger partial charge in [0.1, 0.15) is 5.52 Å². The molecule has 1 N–H and O–H groups in total. The molecular weight excluding hydrogens is 438 g/mol. The van der Waals surface area contributed by atoms with Gasteiger partial charge in [-0.3, -0.25) is 14.2 Å². The Morgan fingerprint density at radius 1 is 1.03 bits per heavy atom. The number of rotatable bonds is 7. The third kappa shape index (κ3) is 5.00. The molecule has 4 heterocycles. The molecule has 0 aliphatic carbocycles. The number of fused-ring (bicyclic) bond motifs is 3. The molecule has 0 bridgehead atoms. The molecule has 1 aromatic carbocycles. The summed E-state index contributed by atoms with van der Waals surface area (Å²) in [7, 11) is 0. The Bertz CT molecular complexity index is 1380. The molecule has 0 radical (unpaired) electrons. The van der Waals surface area contributed by atoms with Crippen molar-refractivity contribution < 1.29 is 4.79 Å². The van der Waals surface area contributed by atoms with Crippen LogP contribution in [-0.2, 0) is 6.54 Å². The lowest BCUT2D eigenvalue weighted by Crippen LogP contribution is -2.37. The van der Waals surface area contributed by atoms with E-state index < -0.39 is 0 Å². The molecule has 1 aliphatic heterocycles. The van der Waals surface area contributed by atoms with Crippen molar-refractivity contribution in [1.82, 2.24) is 24.2 Å². The van der Waals surface area contributed by atoms with Gasteiger partial charge in [0.25, 0.3) is 11.5 Å². The third-order valence-corrected chi connectivity index (χ3v) is 7.14. The number of hydrogen-bond donors (Lipinski definition) is 1. The fourth-order valence-corrected chi connectivity index (χ4v) is 5.14. The van der Waals surface area contributed by atoms with Crippen LogP contribution < -0.4 is 10.9 Å². The summed E-state index contributed by atoms with van der Waals surface area (Å²) in [5.74, 6) is -0.0766. The summed E-state index contributed by atoms with van der Waals surface area (Å²) in [4.78, 5) is 33.1. The normalized spacial score (nSPS) is 15.8. The Kier molecular flexibility index (Phi) is 6.95. The Morgan fingerprint density at radius 2 is 1.83 bits per heavy atom. The number of likely N-dealkylation sites (tertiary alicyclic amines) is 1. The molecule has 7 heteroatoms. The first-order valence-corrected chi connectivity index (χ1v) is 12.7. The highest BCUT2D eigenvalue weighted by atomic mass is 16.1. The standard InChI is InChI=1S/C28H33N5O2/c1-21(31-16-4-2-3-5-17-31)13-15-30-27(34)23-10-6-9-22(19-23)20-33-26-24(11-7-14-29-26)32-18-8-12-25(32)28(33)35/h6-12,14,18-19,21H,2-5,13,15-17,20H2,1H3,(H,30,34). The van der Waals surface area contributed by atoms with Gasteiger partial charge in [-0.1, -0.05) is 25.0 Å². The summed E-state index contributed by atoms with van der Waals surface area (Å²) in [5.41, 5.74) is 3.51. The van der Waals surface area contributed by atoms with Crippen LogP contribution in [0, 0.1) is 0 Å². The van der Waals surface area contributed by atoms with Gasteiger partial charge in [-0.05, 0) is 81.2 Å². The molecular formula is C28H33N5O2. The number of nitrogens with zero attached hydrogens (tertiary/aromatic N) is 4. The summed E-state index contributed by atoms with van der Waals surface area (Å²) < 4.78 is 3.56. The van der Waals surface area contributed by atoms with Crippen molar-refractivity contribution >= 4 is 22.6 Å². The van der Waals surface area contributed by atoms with Gasteiger partial charge >= 0.3 is 0 Å². The number of hydrogen-bond acceptors (Lipinski definition) is 4. The number of aromatic nitrogens is 3. The highest BCUT2D eigenvalue weighted by Gasteiger charge is 2.16. The zero-order valence-electron chi connectivity index (χ0n) is 20.3. The molecule has 7 nitrogen and oxygen atoms in total. The Balaban J connectivity index is 1.29. The monoisotopic (exact) mass is 471 g/mol. The van der Waals surface area contributed by atoms with Crippen LogP contribution in [0.4, 0.5) is 0 Å². The molecule has 0 saturated carbocycles. The lowest BCUT2D eigenvalue weighted by atomic mass is 10.1. The largest absolute Gasteiger partial charge is 0.352 e. The van der Waals surface area contributed by atoms with Gasteiger partial charge in [0.2, 0.25) is 0 Å². The molecule has 4 aromatic rings. The van der Waals surface area contributed by atoms with Crippen LogP contribution >= 0.6 is 0 Å². The predicted molar refractivity (Wildman–Crippen MR) is 139 cm³/mol. The Hall–Kier alpha value is -3.45. The lowest BCUT2D eigenvalue weighted by Gasteiger charge is -2.27. The molecule has 182 valence electrons. The summed E-state index contributed by atoms with van der Waals surface area (Å²) in [6.45, 7) is 5.58. The van der Waals surface area contributed by atoms with Gasteiger partial charge in [0.15, 0.2) is 5.65 Å². The number of carbonyl (C=O) groups is 1. The summed E-state index contributed by atoms with van der Waals surface area (Å²) in [6, 6.07) is 15.5. The van der Waals surface area contributed by atoms with Crippen LogP contribution in [0.2, 0.25) is 0 Å². The van der Waals surface area contributed by atoms with Crippen molar-refractivity contribution in [2.24, 2.45) is 0 Å². The first kappa shape index (κ1) is 23.3. The SMILES string of the molecule is CC(CCNC(=O)c1cccc(Cn2c(=O)c3cccn3c3cccnc32)c1)N1CCCCCC1. The van der Waals surface area contributed by atoms with Crippen LogP contribution in [0.15, 0.2) is 65.7 Å². The molecule has 1 atom stereocenters. The van der Waals surface area contributed by atoms with Crippen molar-refractivity contribution in [3.05, 3.63) is 82.4 Å². The van der Waals surface area contributed by atoms with E-state index in [0.29, 0.717) is 35.9 Å². The second-order valence-corrected chi connectivity index (χ2v) is 9.55. The summed E-state index contributed by atoms with van der Waals surface area (Å²) in [6.07, 6.45) is 9.72. The zero-order valence-corrected chi connectivity index (χ0v) is 20.3. The number of benzene rings is 1. The van der Waals surface area contributed by atoms with Gasteiger partial charge in [-0.2, -0.15) is 0 Å². The molecule has 3 aromatic heterocycles. The smallest absolute Gasteiger partial charge is 0.276 e. The van der Waals surface area contributed by atoms with Crippen molar-refractivity contribution in [2.45, 2.75) is 51.6 Å². The minimum absolute atomic E-state index is 0.0766. The van der Waals surface area contributed by atoms with Gasteiger partial charge in [0, 0.05) is 30.5 Å². The highest BCUT2D eigenvalue weighted by Crippen LogP contribution is 2.16. The predicted octanol–water partition coefficient (Wildman–Crippen LogP) is 4.08. The zero-order chi connectivity index (χ0) is 24.2. The summed E-state index contributed by atoms with van der Waals surface area (Å²) >= 11 is 0. The number of nitrogens with one attached hydrogen (secondary N) is 1. The van der Waals surface area contributed by atoms with Crippen molar-refractivity contribution in [1.29, 1.82) is 0 Å². The molecule has 1 fully saturated rings. The second-order valence-electron chi connectivity index (χ2n) is 9.55. The fraction of sp³-hybridized carbons (Fsp3) is 0.393. The Morgan fingerprint density at radius 3 is 2.66 bits per heavy atom. The molecule has 1 unspecified atom stereocenters. The van der Waals surface area contributed by atoms with E-state index >= 15 is 0 Å². The number of amides is 1. The third-order valence-electron chi connectivity index (χ3n) is 7.14. The van der Waals surface area contributed by atoms with Crippen LogP contribution in [-0.4, -0.2) is 50.4 Å².